The number of nitrogens with one attached hydrogen (secondary N) is 1. The van der Waals surface area contributed by atoms with E-state index in [9.17, 15) is 14.0 Å². The molecule has 1 N–H and O–H groups in total. The average molecular weight is 408 g/mol. The Labute approximate surface area is 171 Å². The lowest BCUT2D eigenvalue weighted by Crippen LogP contribution is -2.25. The summed E-state index contributed by atoms with van der Waals surface area (Å²) < 4.78 is 18.0. The van der Waals surface area contributed by atoms with E-state index in [1.807, 2.05) is 12.1 Å². The lowest BCUT2D eigenvalue weighted by atomic mass is 10.2. The molecule has 0 saturated carbocycles. The third-order valence-corrected chi connectivity index (χ3v) is 5.47. The second-order valence-electron chi connectivity index (χ2n) is 6.31. The smallest absolute Gasteiger partial charge is 0.414 e. The molecule has 1 aromatic heterocycles. The number of carbonyl (C=O) groups excluding carboxylic acids is 2. The molecule has 29 heavy (non-hydrogen) atoms. The Hall–Kier alpha value is -3.45. The highest BCUT2D eigenvalue weighted by Gasteiger charge is 2.25. The standard InChI is InChI=1S/C22H17FN2O3S/c23-16-7-5-15(6-8-16)20-11-9-17(29-20)10-12-21(26)24-18-3-1-2-4-19(18)25-13-14-28-22(25)27/h1-12H,13-14H2,(H,24,26)/b12-10+. The van der Waals surface area contributed by atoms with Gasteiger partial charge in [-0.05, 0) is 48.0 Å². The van der Waals surface area contributed by atoms with Gasteiger partial charge >= 0.3 is 6.09 Å². The van der Waals surface area contributed by atoms with Gasteiger partial charge in [-0.25, -0.2) is 9.18 Å². The van der Waals surface area contributed by atoms with Crippen LogP contribution >= 0.6 is 11.3 Å². The Morgan fingerprint density at radius 3 is 2.66 bits per heavy atom. The zero-order valence-electron chi connectivity index (χ0n) is 15.3. The zero-order chi connectivity index (χ0) is 20.2. The van der Waals surface area contributed by atoms with Crippen LogP contribution in [0.25, 0.3) is 16.5 Å². The monoisotopic (exact) mass is 408 g/mol. The minimum atomic E-state index is -0.422. The normalized spacial score (nSPS) is 13.7. The number of para-hydroxylation sites is 2. The number of hydrogen-bond acceptors (Lipinski definition) is 4. The summed E-state index contributed by atoms with van der Waals surface area (Å²) in [6.45, 7) is 0.776. The lowest BCUT2D eigenvalue weighted by Gasteiger charge is -2.17. The summed E-state index contributed by atoms with van der Waals surface area (Å²) in [4.78, 5) is 27.6. The van der Waals surface area contributed by atoms with Gasteiger partial charge < -0.3 is 10.1 Å². The molecular weight excluding hydrogens is 391 g/mol. The highest BCUT2D eigenvalue weighted by Crippen LogP contribution is 2.30. The molecule has 2 amide bonds. The van der Waals surface area contributed by atoms with Gasteiger partial charge in [-0.1, -0.05) is 24.3 Å². The minimum absolute atomic E-state index is 0.274. The average Bonchev–Trinajstić information content (AvgIpc) is 3.37. The molecule has 146 valence electrons. The molecule has 1 fully saturated rings. The number of anilines is 2. The van der Waals surface area contributed by atoms with Gasteiger partial charge in [-0.15, -0.1) is 11.3 Å². The SMILES string of the molecule is O=C(/C=C/c1ccc(-c2ccc(F)cc2)s1)Nc1ccccc1N1CCOC1=O. The summed E-state index contributed by atoms with van der Waals surface area (Å²) in [7, 11) is 0. The molecule has 2 aromatic carbocycles. The van der Waals surface area contributed by atoms with Crippen molar-refractivity contribution in [3.8, 4) is 10.4 Å². The molecule has 0 radical (unpaired) electrons. The van der Waals surface area contributed by atoms with Gasteiger partial charge in [-0.3, -0.25) is 9.69 Å². The molecule has 2 heterocycles. The van der Waals surface area contributed by atoms with Crippen molar-refractivity contribution in [2.45, 2.75) is 0 Å². The van der Waals surface area contributed by atoms with Crippen molar-refractivity contribution in [1.29, 1.82) is 0 Å². The van der Waals surface area contributed by atoms with Crippen molar-refractivity contribution in [1.82, 2.24) is 0 Å². The molecule has 5 nitrogen and oxygen atoms in total. The summed E-state index contributed by atoms with van der Waals surface area (Å²) in [6, 6.07) is 17.2. The van der Waals surface area contributed by atoms with E-state index < -0.39 is 6.09 Å². The van der Waals surface area contributed by atoms with Crippen molar-refractivity contribution in [3.63, 3.8) is 0 Å². The van der Waals surface area contributed by atoms with E-state index in [0.717, 1.165) is 15.3 Å². The van der Waals surface area contributed by atoms with Crippen LogP contribution in [-0.2, 0) is 9.53 Å². The second-order valence-corrected chi connectivity index (χ2v) is 7.43. The molecule has 0 spiro atoms. The molecule has 1 saturated heterocycles. The quantitative estimate of drug-likeness (QED) is 0.593. The highest BCUT2D eigenvalue weighted by molar-refractivity contribution is 7.16. The molecule has 4 rings (SSSR count). The maximum Gasteiger partial charge on any atom is 0.414 e. The Morgan fingerprint density at radius 1 is 1.10 bits per heavy atom. The predicted molar refractivity (Wildman–Crippen MR) is 113 cm³/mol. The largest absolute Gasteiger partial charge is 0.447 e. The zero-order valence-corrected chi connectivity index (χ0v) is 16.1. The number of nitrogens with zero attached hydrogens (tertiary/aromatic N) is 1. The molecule has 1 aliphatic rings. The van der Waals surface area contributed by atoms with Gasteiger partial charge in [0.1, 0.15) is 12.4 Å². The van der Waals surface area contributed by atoms with Gasteiger partial charge in [0, 0.05) is 15.8 Å². The van der Waals surface area contributed by atoms with Crippen LogP contribution in [0.3, 0.4) is 0 Å². The van der Waals surface area contributed by atoms with Crippen LogP contribution in [-0.4, -0.2) is 25.2 Å². The molecular formula is C22H17FN2O3S. The summed E-state index contributed by atoms with van der Waals surface area (Å²) >= 11 is 1.51. The number of halogens is 1. The van der Waals surface area contributed by atoms with Gasteiger partial charge in [-0.2, -0.15) is 0 Å². The second kappa shape index (κ2) is 8.28. The number of hydrogen-bond donors (Lipinski definition) is 1. The van der Waals surface area contributed by atoms with Crippen molar-refractivity contribution in [2.24, 2.45) is 0 Å². The number of amides is 2. The van der Waals surface area contributed by atoms with E-state index in [2.05, 4.69) is 5.32 Å². The number of thiophene rings is 1. The number of benzene rings is 2. The van der Waals surface area contributed by atoms with E-state index in [0.29, 0.717) is 24.5 Å². The maximum absolute atomic E-state index is 13.1. The number of cyclic esters (lactones) is 1. The van der Waals surface area contributed by atoms with E-state index in [1.54, 1.807) is 42.5 Å². The molecule has 0 unspecified atom stereocenters. The fourth-order valence-corrected chi connectivity index (χ4v) is 3.89. The van der Waals surface area contributed by atoms with Crippen LogP contribution in [0.4, 0.5) is 20.6 Å². The van der Waals surface area contributed by atoms with E-state index in [1.165, 1.54) is 34.4 Å². The maximum atomic E-state index is 13.1. The third kappa shape index (κ3) is 4.35. The highest BCUT2D eigenvalue weighted by atomic mass is 32.1. The van der Waals surface area contributed by atoms with Gasteiger partial charge in [0.25, 0.3) is 0 Å². The molecule has 0 aliphatic carbocycles. The fraction of sp³-hybridized carbons (Fsp3) is 0.0909. The van der Waals surface area contributed by atoms with Crippen LogP contribution in [0.2, 0.25) is 0 Å². The number of carbonyl (C=O) groups is 2. The van der Waals surface area contributed by atoms with Gasteiger partial charge in [0.2, 0.25) is 5.91 Å². The van der Waals surface area contributed by atoms with Crippen LogP contribution in [0.5, 0.6) is 0 Å². The van der Waals surface area contributed by atoms with Crippen molar-refractivity contribution < 1.29 is 18.7 Å². The van der Waals surface area contributed by atoms with Gasteiger partial charge in [0.05, 0.1) is 17.9 Å². The van der Waals surface area contributed by atoms with Gasteiger partial charge in [0.15, 0.2) is 0 Å². The first-order chi connectivity index (χ1) is 14.1. The predicted octanol–water partition coefficient (Wildman–Crippen LogP) is 5.16. The summed E-state index contributed by atoms with van der Waals surface area (Å²) in [5, 5.41) is 2.81. The Balaban J connectivity index is 1.45. The Kier molecular flexibility index (Phi) is 5.39. The van der Waals surface area contributed by atoms with Crippen molar-refractivity contribution >= 4 is 40.8 Å². The first-order valence-electron chi connectivity index (χ1n) is 8.98. The molecule has 0 bridgehead atoms. The van der Waals surface area contributed by atoms with E-state index in [4.69, 9.17) is 4.74 Å². The molecule has 3 aromatic rings. The number of ether oxygens (including phenoxy) is 1. The first-order valence-corrected chi connectivity index (χ1v) is 9.80. The number of rotatable bonds is 5. The van der Waals surface area contributed by atoms with Crippen LogP contribution in [0.15, 0.2) is 66.7 Å². The van der Waals surface area contributed by atoms with Crippen molar-refractivity contribution in [3.05, 3.63) is 77.4 Å². The summed E-state index contributed by atoms with van der Waals surface area (Å²) in [6.07, 6.45) is 2.74. The Morgan fingerprint density at radius 2 is 1.90 bits per heavy atom. The van der Waals surface area contributed by atoms with Crippen molar-refractivity contribution in [2.75, 3.05) is 23.4 Å². The van der Waals surface area contributed by atoms with E-state index >= 15 is 0 Å². The van der Waals surface area contributed by atoms with Crippen LogP contribution in [0.1, 0.15) is 4.88 Å². The molecule has 0 atom stereocenters. The summed E-state index contributed by atoms with van der Waals surface area (Å²) in [5.74, 6) is -0.577. The first kappa shape index (κ1) is 18.9. The van der Waals surface area contributed by atoms with E-state index in [-0.39, 0.29) is 11.7 Å². The fourth-order valence-electron chi connectivity index (χ4n) is 2.97. The van der Waals surface area contributed by atoms with Crippen LogP contribution < -0.4 is 10.2 Å². The topological polar surface area (TPSA) is 58.6 Å². The molecule has 7 heteroatoms. The minimum Gasteiger partial charge on any atom is -0.447 e. The Bertz CT molecular complexity index is 1080. The lowest BCUT2D eigenvalue weighted by molar-refractivity contribution is -0.111. The van der Waals surface area contributed by atoms with Crippen LogP contribution in [0, 0.1) is 5.82 Å². The molecule has 1 aliphatic heterocycles. The summed E-state index contributed by atoms with van der Waals surface area (Å²) in [5.41, 5.74) is 2.07. The third-order valence-electron chi connectivity index (χ3n) is 4.37.